The molecule has 1 aromatic rings. The van der Waals surface area contributed by atoms with Gasteiger partial charge in [-0.15, -0.1) is 0 Å². The zero-order valence-electron chi connectivity index (χ0n) is 11.3. The molecule has 0 radical (unpaired) electrons. The Labute approximate surface area is 113 Å². The summed E-state index contributed by atoms with van der Waals surface area (Å²) in [5.74, 6) is 0.623. The highest BCUT2D eigenvalue weighted by Gasteiger charge is 2.23. The molecular weight excluding hydrogens is 278 g/mol. The maximum atomic E-state index is 4.41. The van der Waals surface area contributed by atoms with Gasteiger partial charge in [-0.05, 0) is 41.7 Å². The summed E-state index contributed by atoms with van der Waals surface area (Å²) in [6, 6.07) is 0.386. The van der Waals surface area contributed by atoms with Gasteiger partial charge < -0.3 is 5.32 Å². The average Bonchev–Trinajstić information content (AvgIpc) is 2.67. The van der Waals surface area contributed by atoms with Crippen molar-refractivity contribution in [3.05, 3.63) is 16.4 Å². The van der Waals surface area contributed by atoms with Crippen LogP contribution in [0.25, 0.3) is 0 Å². The van der Waals surface area contributed by atoms with Gasteiger partial charge >= 0.3 is 0 Å². The van der Waals surface area contributed by atoms with Crippen LogP contribution < -0.4 is 5.32 Å². The molecule has 1 N–H and O–H groups in total. The van der Waals surface area contributed by atoms with Crippen molar-refractivity contribution >= 4 is 15.9 Å². The van der Waals surface area contributed by atoms with E-state index in [-0.39, 0.29) is 0 Å². The zero-order chi connectivity index (χ0) is 12.8. The van der Waals surface area contributed by atoms with Gasteiger partial charge in [-0.25, -0.2) is 0 Å². The van der Waals surface area contributed by atoms with Crippen LogP contribution in [0.5, 0.6) is 0 Å². The van der Waals surface area contributed by atoms with Crippen molar-refractivity contribution in [2.45, 2.75) is 53.1 Å². The van der Waals surface area contributed by atoms with Crippen LogP contribution in [-0.2, 0) is 6.54 Å². The minimum atomic E-state index is 0.386. The van der Waals surface area contributed by atoms with Crippen LogP contribution in [0.15, 0.2) is 10.7 Å². The fourth-order valence-corrected chi connectivity index (χ4v) is 2.89. The molecule has 1 heterocycles. The summed E-state index contributed by atoms with van der Waals surface area (Å²) in [5, 5.41) is 8.00. The van der Waals surface area contributed by atoms with E-state index < -0.39 is 0 Å². The molecule has 0 aliphatic heterocycles. The first kappa shape index (κ1) is 14.7. The smallest absolute Gasteiger partial charge is 0.0698 e. The zero-order valence-corrected chi connectivity index (χ0v) is 12.9. The molecule has 3 nitrogen and oxygen atoms in total. The lowest BCUT2D eigenvalue weighted by Gasteiger charge is -2.25. The monoisotopic (exact) mass is 301 g/mol. The lowest BCUT2D eigenvalue weighted by Crippen LogP contribution is -2.29. The second-order valence-corrected chi connectivity index (χ2v) is 5.35. The third kappa shape index (κ3) is 3.55. The van der Waals surface area contributed by atoms with Gasteiger partial charge in [0.15, 0.2) is 0 Å². The predicted molar refractivity (Wildman–Crippen MR) is 76.1 cm³/mol. The molecule has 1 aromatic heterocycles. The van der Waals surface area contributed by atoms with Gasteiger partial charge in [-0.3, -0.25) is 4.68 Å². The Balaban J connectivity index is 2.99. The van der Waals surface area contributed by atoms with Crippen LogP contribution >= 0.6 is 15.9 Å². The second-order valence-electron chi connectivity index (χ2n) is 4.49. The van der Waals surface area contributed by atoms with Crippen molar-refractivity contribution < 1.29 is 0 Å². The van der Waals surface area contributed by atoms with Crippen molar-refractivity contribution in [2.24, 2.45) is 5.92 Å². The molecule has 4 heteroatoms. The van der Waals surface area contributed by atoms with E-state index in [1.165, 1.54) is 18.5 Å². The number of nitrogens with zero attached hydrogens (tertiary/aromatic N) is 2. The molecule has 2 unspecified atom stereocenters. The molecule has 98 valence electrons. The molecule has 0 amide bonds. The summed E-state index contributed by atoms with van der Waals surface area (Å²) in [6.07, 6.45) is 4.36. The number of rotatable bonds is 7. The molecule has 0 saturated carbocycles. The number of hydrogen-bond donors (Lipinski definition) is 1. The van der Waals surface area contributed by atoms with Crippen LogP contribution in [0.3, 0.4) is 0 Å². The molecule has 0 aromatic carbocycles. The van der Waals surface area contributed by atoms with Crippen molar-refractivity contribution in [1.82, 2.24) is 15.1 Å². The van der Waals surface area contributed by atoms with Crippen LogP contribution in [0.1, 0.15) is 52.3 Å². The van der Waals surface area contributed by atoms with Gasteiger partial charge in [0, 0.05) is 6.54 Å². The highest BCUT2D eigenvalue weighted by molar-refractivity contribution is 9.10. The lowest BCUT2D eigenvalue weighted by molar-refractivity contribution is 0.347. The molecule has 0 saturated heterocycles. The van der Waals surface area contributed by atoms with E-state index >= 15 is 0 Å². The topological polar surface area (TPSA) is 29.9 Å². The number of aromatic nitrogens is 2. The first-order valence-electron chi connectivity index (χ1n) is 6.60. The van der Waals surface area contributed by atoms with E-state index in [1.54, 1.807) is 0 Å². The Morgan fingerprint density at radius 2 is 2.12 bits per heavy atom. The first-order valence-corrected chi connectivity index (χ1v) is 7.39. The number of aryl methyl sites for hydroxylation is 1. The maximum Gasteiger partial charge on any atom is 0.0698 e. The summed E-state index contributed by atoms with van der Waals surface area (Å²) < 4.78 is 3.21. The summed E-state index contributed by atoms with van der Waals surface area (Å²) in [5.41, 5.74) is 1.29. The summed E-state index contributed by atoms with van der Waals surface area (Å²) >= 11 is 3.62. The van der Waals surface area contributed by atoms with Gasteiger partial charge in [-0.1, -0.05) is 27.2 Å². The Hall–Kier alpha value is -0.350. The van der Waals surface area contributed by atoms with Crippen LogP contribution in [-0.4, -0.2) is 16.3 Å². The standard InChI is InChI=1S/C13H24BrN3/c1-5-8-10(4)12(15-6-2)13-11(14)9-16-17(13)7-3/h9-10,12,15H,5-8H2,1-4H3. The minimum Gasteiger partial charge on any atom is -0.309 e. The molecule has 0 spiro atoms. The van der Waals surface area contributed by atoms with Crippen LogP contribution in [0.2, 0.25) is 0 Å². The molecule has 0 bridgehead atoms. The van der Waals surface area contributed by atoms with Crippen LogP contribution in [0.4, 0.5) is 0 Å². The fourth-order valence-electron chi connectivity index (χ4n) is 2.34. The van der Waals surface area contributed by atoms with Gasteiger partial charge in [0.25, 0.3) is 0 Å². The maximum absolute atomic E-state index is 4.41. The normalized spacial score (nSPS) is 14.9. The van der Waals surface area contributed by atoms with Crippen molar-refractivity contribution in [3.8, 4) is 0 Å². The Morgan fingerprint density at radius 1 is 1.41 bits per heavy atom. The largest absolute Gasteiger partial charge is 0.309 e. The van der Waals surface area contributed by atoms with Crippen molar-refractivity contribution in [3.63, 3.8) is 0 Å². The molecule has 0 aliphatic carbocycles. The van der Waals surface area contributed by atoms with Gasteiger partial charge in [0.1, 0.15) is 0 Å². The summed E-state index contributed by atoms with van der Waals surface area (Å²) in [4.78, 5) is 0. The molecule has 0 fully saturated rings. The average molecular weight is 302 g/mol. The van der Waals surface area contributed by atoms with E-state index in [0.29, 0.717) is 12.0 Å². The van der Waals surface area contributed by atoms with Crippen LogP contribution in [0, 0.1) is 5.92 Å². The summed E-state index contributed by atoms with van der Waals surface area (Å²) in [6.45, 7) is 10.8. The summed E-state index contributed by atoms with van der Waals surface area (Å²) in [7, 11) is 0. The number of hydrogen-bond acceptors (Lipinski definition) is 2. The Morgan fingerprint density at radius 3 is 2.65 bits per heavy atom. The molecule has 17 heavy (non-hydrogen) atoms. The van der Waals surface area contributed by atoms with Crippen molar-refractivity contribution in [1.29, 1.82) is 0 Å². The van der Waals surface area contributed by atoms with E-state index in [4.69, 9.17) is 0 Å². The van der Waals surface area contributed by atoms with Crippen molar-refractivity contribution in [2.75, 3.05) is 6.54 Å². The Bertz CT molecular complexity index is 335. The quantitative estimate of drug-likeness (QED) is 0.831. The molecular formula is C13H24BrN3. The molecule has 0 aliphatic rings. The fraction of sp³-hybridized carbons (Fsp3) is 0.769. The highest BCUT2D eigenvalue weighted by atomic mass is 79.9. The third-order valence-corrected chi connectivity index (χ3v) is 3.78. The first-order chi connectivity index (χ1) is 8.15. The Kier molecular flexibility index (Phi) is 6.20. The number of nitrogens with one attached hydrogen (secondary N) is 1. The van der Waals surface area contributed by atoms with Gasteiger partial charge in [0.05, 0.1) is 22.4 Å². The van der Waals surface area contributed by atoms with E-state index in [1.807, 2.05) is 6.20 Å². The van der Waals surface area contributed by atoms with E-state index in [2.05, 4.69) is 58.7 Å². The van der Waals surface area contributed by atoms with Gasteiger partial charge in [-0.2, -0.15) is 5.10 Å². The second kappa shape index (κ2) is 7.17. The SMILES string of the molecule is CCCC(C)C(NCC)c1c(Br)cnn1CC. The lowest BCUT2D eigenvalue weighted by atomic mass is 9.94. The minimum absolute atomic E-state index is 0.386. The highest BCUT2D eigenvalue weighted by Crippen LogP contribution is 2.30. The number of halogens is 1. The van der Waals surface area contributed by atoms with Gasteiger partial charge in [0.2, 0.25) is 0 Å². The van der Waals surface area contributed by atoms with E-state index in [9.17, 15) is 0 Å². The van der Waals surface area contributed by atoms with E-state index in [0.717, 1.165) is 17.6 Å². The molecule has 2 atom stereocenters. The third-order valence-electron chi connectivity index (χ3n) is 3.16. The predicted octanol–water partition coefficient (Wildman–Crippen LogP) is 3.75. The molecule has 1 rings (SSSR count).